The van der Waals surface area contributed by atoms with Gasteiger partial charge in [-0.05, 0) is 162 Å². The van der Waals surface area contributed by atoms with E-state index in [1.54, 1.807) is 31.2 Å². The second-order valence-corrected chi connectivity index (χ2v) is 26.3. The Morgan fingerprint density at radius 3 is 2.52 bits per heavy atom. The number of aromatic hydroxyl groups is 3. The Morgan fingerprint density at radius 1 is 0.839 bits per heavy atom. The molecule has 2 aliphatic heterocycles. The summed E-state index contributed by atoms with van der Waals surface area (Å²) in [5.41, 5.74) is 10.4. The van der Waals surface area contributed by atoms with E-state index < -0.39 is 41.5 Å². The SMILES string of the molecule is COc1cc([C@H]2CC(=O)C[C@H](OC(C)=O)CC[C@@]34C5=CC=C[C@@H]3CC=C[C@@H]4c3c[nH]cc3[C@@H](C#CC5)[C@H](c3cccc(O)c3)C3=CCNC(=C3)N(CCC(C)=O)c3ccc4c5c(n2cc35)CC[C@H]4O)cc(O)c1Oc1cc(O)cc([C@H]2c3ccccc3CC[C@H]2CO)c1. The minimum absolute atomic E-state index is 0.00464. The molecule has 7 aliphatic rings. The molecule has 0 fully saturated rings. The first-order valence-electron chi connectivity index (χ1n) is 32.7. The van der Waals surface area contributed by atoms with Gasteiger partial charge in [0.05, 0.1) is 30.9 Å². The lowest BCUT2D eigenvalue weighted by Gasteiger charge is -2.50. The summed E-state index contributed by atoms with van der Waals surface area (Å²) in [6.45, 7) is 3.63. The van der Waals surface area contributed by atoms with Gasteiger partial charge < -0.3 is 59.5 Å². The monoisotopic (exact) mass is 1250 g/mol. The quantitative estimate of drug-likeness (QED) is 0.0365. The van der Waals surface area contributed by atoms with Crippen molar-refractivity contribution in [3.8, 4) is 46.3 Å². The number of nitrogens with one attached hydrogen (secondary N) is 2. The number of aryl methyl sites for hydroxylation is 2. The number of aromatic nitrogens is 2. The molecule has 15 nitrogen and oxygen atoms in total. The van der Waals surface area contributed by atoms with Gasteiger partial charge in [0, 0.05) is 117 Å². The molecule has 0 amide bonds. The van der Waals surface area contributed by atoms with Gasteiger partial charge in [0.25, 0.3) is 0 Å². The number of esters is 1. The molecule has 1 spiro atoms. The maximum atomic E-state index is 15.6. The van der Waals surface area contributed by atoms with Crippen LogP contribution in [0, 0.1) is 29.1 Å². The number of nitrogens with zero attached hydrogens (tertiary/aromatic N) is 2. The van der Waals surface area contributed by atoms with Crippen molar-refractivity contribution in [1.29, 1.82) is 0 Å². The number of ketones is 2. The number of phenolic OH excluding ortho intramolecular Hbond substituents is 3. The molecule has 0 saturated carbocycles. The predicted octanol–water partition coefficient (Wildman–Crippen LogP) is 13.5. The van der Waals surface area contributed by atoms with Crippen LogP contribution >= 0.6 is 0 Å². The number of hydrogen-bond acceptors (Lipinski definition) is 13. The molecule has 5 aliphatic carbocycles. The molecule has 7 aromatic rings. The predicted molar refractivity (Wildman–Crippen MR) is 356 cm³/mol. The summed E-state index contributed by atoms with van der Waals surface area (Å²) in [7, 11) is 1.48. The number of allylic oxidation sites excluding steroid dienone is 8. The first-order chi connectivity index (χ1) is 45.2. The highest BCUT2D eigenvalue weighted by Gasteiger charge is 2.51. The van der Waals surface area contributed by atoms with Crippen LogP contribution in [-0.2, 0) is 32.0 Å². The topological polar surface area (TPSA) is 216 Å². The van der Waals surface area contributed by atoms with Gasteiger partial charge in [-0.3, -0.25) is 14.4 Å². The number of aromatic amines is 1. The fraction of sp³-hybridized carbons (Fsp3) is 0.346. The minimum atomic E-state index is -0.824. The van der Waals surface area contributed by atoms with E-state index in [1.165, 1.54) is 31.2 Å². The molecule has 7 N–H and O–H groups in total. The Bertz CT molecular complexity index is 4360. The van der Waals surface area contributed by atoms with Crippen molar-refractivity contribution in [2.45, 2.75) is 126 Å². The van der Waals surface area contributed by atoms with Crippen LogP contribution in [0.3, 0.4) is 0 Å². The van der Waals surface area contributed by atoms with Crippen molar-refractivity contribution in [3.63, 3.8) is 0 Å². The molecule has 476 valence electrons. The lowest BCUT2D eigenvalue weighted by Crippen LogP contribution is -2.41. The van der Waals surface area contributed by atoms with E-state index in [1.807, 2.05) is 48.7 Å². The summed E-state index contributed by atoms with van der Waals surface area (Å²) in [5.74, 6) is 6.47. The maximum absolute atomic E-state index is 15.6. The fourth-order valence-corrected chi connectivity index (χ4v) is 16.8. The lowest BCUT2D eigenvalue weighted by molar-refractivity contribution is -0.148. The van der Waals surface area contributed by atoms with E-state index in [4.69, 9.17) is 14.2 Å². The highest BCUT2D eigenvalue weighted by molar-refractivity contribution is 6.00. The molecule has 93 heavy (non-hydrogen) atoms. The number of dihydropyridines is 1. The van der Waals surface area contributed by atoms with E-state index in [0.717, 1.165) is 86.2 Å². The number of carbonyl (C=O) groups excluding carboxylic acids is 3. The molecule has 0 saturated heterocycles. The number of ether oxygens (including phenoxy) is 3. The Balaban J connectivity index is 0.947. The zero-order chi connectivity index (χ0) is 64.2. The second kappa shape index (κ2) is 25.2. The van der Waals surface area contributed by atoms with Crippen molar-refractivity contribution in [2.75, 3.05) is 31.7 Å². The second-order valence-electron chi connectivity index (χ2n) is 26.3. The zero-order valence-electron chi connectivity index (χ0n) is 52.6. The van der Waals surface area contributed by atoms with Crippen molar-refractivity contribution < 1.29 is 54.1 Å². The van der Waals surface area contributed by atoms with Crippen LogP contribution in [0.2, 0.25) is 0 Å². The summed E-state index contributed by atoms with van der Waals surface area (Å²) < 4.78 is 21.1. The Morgan fingerprint density at radius 2 is 1.69 bits per heavy atom. The number of H-pyrrole nitrogens is 1. The number of methoxy groups -OCH3 is 1. The van der Waals surface area contributed by atoms with Gasteiger partial charge in [-0.15, -0.1) is 0 Å². The van der Waals surface area contributed by atoms with Gasteiger partial charge >= 0.3 is 5.97 Å². The average Bonchev–Trinajstić information content (AvgIpc) is 1.69. The largest absolute Gasteiger partial charge is 0.508 e. The van der Waals surface area contributed by atoms with E-state index in [2.05, 4.69) is 105 Å². The minimum Gasteiger partial charge on any atom is -0.508 e. The molecular weight excluding hydrogens is 1170 g/mol. The molecule has 14 rings (SSSR count). The van der Waals surface area contributed by atoms with Crippen LogP contribution in [0.4, 0.5) is 5.69 Å². The number of aliphatic hydroxyl groups excluding tert-OH is 2. The van der Waals surface area contributed by atoms with Crippen molar-refractivity contribution in [3.05, 3.63) is 219 Å². The average molecular weight is 1250 g/mol. The summed E-state index contributed by atoms with van der Waals surface area (Å²) in [5, 5.41) is 63.0. The van der Waals surface area contributed by atoms with Gasteiger partial charge in [-0.2, -0.15) is 0 Å². The molecule has 10 atom stereocenters. The number of benzene rings is 5. The number of rotatable bonds is 11. The molecule has 0 radical (unpaired) electrons. The zero-order valence-corrected chi connectivity index (χ0v) is 52.6. The number of carbonyl (C=O) groups is 3. The van der Waals surface area contributed by atoms with Crippen molar-refractivity contribution in [1.82, 2.24) is 14.9 Å². The third kappa shape index (κ3) is 11.3. The maximum Gasteiger partial charge on any atom is 0.302 e. The third-order valence-corrected chi connectivity index (χ3v) is 20.9. The van der Waals surface area contributed by atoms with E-state index >= 15 is 4.79 Å². The van der Waals surface area contributed by atoms with Crippen LogP contribution in [0.15, 0.2) is 169 Å². The van der Waals surface area contributed by atoms with Crippen LogP contribution in [0.25, 0.3) is 10.8 Å². The molecule has 0 unspecified atom stereocenters. The molecule has 15 heteroatoms. The Labute approximate surface area is 541 Å². The summed E-state index contributed by atoms with van der Waals surface area (Å²) in [6.07, 6.45) is 24.7. The summed E-state index contributed by atoms with van der Waals surface area (Å²) >= 11 is 0. The van der Waals surface area contributed by atoms with E-state index in [9.17, 15) is 35.1 Å². The van der Waals surface area contributed by atoms with Gasteiger partial charge in [0.1, 0.15) is 40.7 Å². The van der Waals surface area contributed by atoms with Gasteiger partial charge in [-0.1, -0.05) is 96.3 Å². The number of anilines is 1. The third-order valence-electron chi connectivity index (χ3n) is 20.9. The first-order valence-corrected chi connectivity index (χ1v) is 32.7. The highest BCUT2D eigenvalue weighted by Crippen LogP contribution is 2.61. The number of Topliss-reactive ketones (excluding diaryl/α,β-unsaturated/α-hetero) is 2. The van der Waals surface area contributed by atoms with Crippen molar-refractivity contribution >= 4 is 34.0 Å². The smallest absolute Gasteiger partial charge is 0.302 e. The van der Waals surface area contributed by atoms with E-state index in [0.29, 0.717) is 44.2 Å². The number of fused-ring (bicyclic) bond motifs is 4. The molecule has 5 aromatic carbocycles. The summed E-state index contributed by atoms with van der Waals surface area (Å²) in [6, 6.07) is 27.0. The van der Waals surface area contributed by atoms with Crippen LogP contribution < -0.4 is 19.7 Å². The number of phenols is 3. The summed E-state index contributed by atoms with van der Waals surface area (Å²) in [4.78, 5) is 47.9. The molecule has 6 bridgehead atoms. The van der Waals surface area contributed by atoms with Gasteiger partial charge in [0.15, 0.2) is 11.5 Å². The first kappa shape index (κ1) is 61.0. The normalized spacial score (nSPS) is 25.5. The number of aliphatic hydroxyl groups is 2. The van der Waals surface area contributed by atoms with Crippen LogP contribution in [0.5, 0.6) is 34.5 Å². The molecule has 4 heterocycles. The van der Waals surface area contributed by atoms with Gasteiger partial charge in [-0.25, -0.2) is 0 Å². The standard InChI is InChI=1S/C78H78N4O11/c1-45(84)28-31-81-67-23-22-62-70(89)25-24-68-76(62)65(67)43-82(68)69(51-35-71(90)77(72(36-51)91-3)93-59-34-52(33-56(87)39-59)75-50(44-83)21-20-47-10-4-5-17-60(47)75)40-57(88)38-58(92-46(2)85)26-29-78-53-12-7-13-54(78)15-9-19-66(78)64-42-79-41-63(64)61(18-8-14-53)74(48-11-6-16-55(86)32-48)49-27-30-80-73(81)37-49/h4-7,9-13,16-17,19,22-23,27,32-37,39,41-43,50,54,58,61,66,69-70,74-75,79-80,83,86-87,89-90H,14-15,20-21,24-26,28-31,38,40,44H2,1-3H3/t50-,54+,58+,61+,66+,69+,70+,74+,75-,78+/m0/s1. The van der Waals surface area contributed by atoms with Crippen molar-refractivity contribution in [2.24, 2.45) is 17.3 Å². The van der Waals surface area contributed by atoms with Crippen LogP contribution in [-0.4, -0.2) is 85.5 Å². The Kier molecular flexibility index (Phi) is 16.5. The lowest BCUT2D eigenvalue weighted by atomic mass is 9.53. The molecule has 2 aromatic heterocycles. The number of hydrogen-bond donors (Lipinski definition) is 7. The van der Waals surface area contributed by atoms with E-state index in [-0.39, 0.29) is 102 Å². The van der Waals surface area contributed by atoms with Gasteiger partial charge in [0.2, 0.25) is 5.75 Å². The van der Waals surface area contributed by atoms with Crippen LogP contribution in [0.1, 0.15) is 158 Å². The fourth-order valence-electron chi connectivity index (χ4n) is 16.8. The highest BCUT2D eigenvalue weighted by atomic mass is 16.5. The Hall–Kier alpha value is -9.49. The molecular formula is C78H78N4O11.